The predicted molar refractivity (Wildman–Crippen MR) is 73.6 cm³/mol. The zero-order valence-electron chi connectivity index (χ0n) is 11.3. The lowest BCUT2D eigenvalue weighted by atomic mass is 10.2. The van der Waals surface area contributed by atoms with Crippen molar-refractivity contribution in [2.45, 2.75) is 52.2 Å². The molecule has 1 aliphatic heterocycles. The smallest absolute Gasteiger partial charge is 0.240 e. The molecule has 0 aliphatic carbocycles. The Morgan fingerprint density at radius 3 is 3.00 bits per heavy atom. The number of hydrogen-bond donors (Lipinski definition) is 1. The van der Waals surface area contributed by atoms with Crippen molar-refractivity contribution in [3.8, 4) is 0 Å². The minimum atomic E-state index is -0.00407. The van der Waals surface area contributed by atoms with Crippen LogP contribution in [0.2, 0.25) is 0 Å². The van der Waals surface area contributed by atoms with E-state index in [-0.39, 0.29) is 11.9 Å². The van der Waals surface area contributed by atoms with Crippen molar-refractivity contribution in [2.24, 2.45) is 0 Å². The summed E-state index contributed by atoms with van der Waals surface area (Å²) in [6.45, 7) is 7.78. The van der Waals surface area contributed by atoms with E-state index >= 15 is 0 Å². The highest BCUT2D eigenvalue weighted by molar-refractivity contribution is 7.11. The molecule has 1 atom stereocenters. The van der Waals surface area contributed by atoms with E-state index in [1.54, 1.807) is 11.3 Å². The minimum Gasteiger partial charge on any atom is -0.335 e. The zero-order valence-corrected chi connectivity index (χ0v) is 12.1. The van der Waals surface area contributed by atoms with Gasteiger partial charge in [0.2, 0.25) is 5.91 Å². The molecule has 1 fully saturated rings. The van der Waals surface area contributed by atoms with Crippen molar-refractivity contribution in [2.75, 3.05) is 6.54 Å². The van der Waals surface area contributed by atoms with E-state index in [1.807, 2.05) is 11.1 Å². The summed E-state index contributed by atoms with van der Waals surface area (Å²) in [6, 6.07) is 0.348. The average Bonchev–Trinajstić information content (AvgIpc) is 2.90. The van der Waals surface area contributed by atoms with E-state index in [0.717, 1.165) is 24.4 Å². The molecule has 0 radical (unpaired) electrons. The number of carbonyl (C=O) groups is 1. The van der Waals surface area contributed by atoms with Crippen LogP contribution in [0.4, 0.5) is 0 Å². The van der Waals surface area contributed by atoms with Crippen LogP contribution in [0.3, 0.4) is 0 Å². The second-order valence-electron chi connectivity index (χ2n) is 5.00. The summed E-state index contributed by atoms with van der Waals surface area (Å²) in [6.07, 6.45) is 3.84. The van der Waals surface area contributed by atoms with Crippen LogP contribution in [0.25, 0.3) is 0 Å². The summed E-state index contributed by atoms with van der Waals surface area (Å²) < 4.78 is 0. The normalized spacial score (nSPS) is 20.1. The fraction of sp³-hybridized carbons (Fsp3) is 0.692. The van der Waals surface area contributed by atoms with Gasteiger partial charge in [-0.3, -0.25) is 4.79 Å². The number of aryl methyl sites for hydroxylation is 1. The predicted octanol–water partition coefficient (Wildman–Crippen LogP) is 1.80. The van der Waals surface area contributed by atoms with Gasteiger partial charge in [-0.15, -0.1) is 11.3 Å². The topological polar surface area (TPSA) is 45.2 Å². The number of thiazole rings is 1. The van der Waals surface area contributed by atoms with E-state index in [1.165, 1.54) is 4.88 Å². The number of likely N-dealkylation sites (tertiary alicyclic amines) is 1. The summed E-state index contributed by atoms with van der Waals surface area (Å²) in [5, 5.41) is 4.36. The Labute approximate surface area is 112 Å². The lowest BCUT2D eigenvalue weighted by molar-refractivity contribution is -0.130. The van der Waals surface area contributed by atoms with Crippen molar-refractivity contribution < 1.29 is 4.79 Å². The maximum Gasteiger partial charge on any atom is 0.240 e. The lowest BCUT2D eigenvalue weighted by Crippen LogP contribution is -2.41. The van der Waals surface area contributed by atoms with Gasteiger partial charge in [-0.2, -0.15) is 0 Å². The highest BCUT2D eigenvalue weighted by atomic mass is 32.1. The molecule has 5 heteroatoms. The summed E-state index contributed by atoms with van der Waals surface area (Å²) in [5.74, 6) is 0.219. The van der Waals surface area contributed by atoms with Gasteiger partial charge in [0.1, 0.15) is 5.01 Å². The Hall–Kier alpha value is -0.940. The number of nitrogens with zero attached hydrogens (tertiary/aromatic N) is 2. The lowest BCUT2D eigenvalue weighted by Gasteiger charge is -2.17. The quantitative estimate of drug-likeness (QED) is 0.885. The van der Waals surface area contributed by atoms with Crippen LogP contribution < -0.4 is 5.32 Å². The van der Waals surface area contributed by atoms with Gasteiger partial charge in [0, 0.05) is 23.7 Å². The number of aromatic nitrogens is 1. The molecule has 18 heavy (non-hydrogen) atoms. The second kappa shape index (κ2) is 5.80. The molecule has 2 heterocycles. The molecule has 0 aromatic carbocycles. The first-order chi connectivity index (χ1) is 8.60. The first kappa shape index (κ1) is 13.5. The first-order valence-corrected chi connectivity index (χ1v) is 7.40. The summed E-state index contributed by atoms with van der Waals surface area (Å²) in [4.78, 5) is 19.7. The number of amides is 1. The monoisotopic (exact) mass is 267 g/mol. The van der Waals surface area contributed by atoms with Crippen LogP contribution in [0, 0.1) is 0 Å². The number of nitrogens with one attached hydrogen (secondary N) is 1. The first-order valence-electron chi connectivity index (χ1n) is 6.58. The fourth-order valence-electron chi connectivity index (χ4n) is 2.20. The van der Waals surface area contributed by atoms with Crippen molar-refractivity contribution in [1.29, 1.82) is 0 Å². The molecule has 100 valence electrons. The number of carbonyl (C=O) groups excluding carboxylic acids is 1. The molecule has 4 nitrogen and oxygen atoms in total. The summed E-state index contributed by atoms with van der Waals surface area (Å²) in [7, 11) is 0. The van der Waals surface area contributed by atoms with Crippen molar-refractivity contribution in [3.05, 3.63) is 16.1 Å². The van der Waals surface area contributed by atoms with Gasteiger partial charge in [0.05, 0.1) is 12.6 Å². The fourth-order valence-corrected chi connectivity index (χ4v) is 3.08. The molecule has 0 spiro atoms. The Balaban J connectivity index is 1.93. The maximum atomic E-state index is 12.2. The van der Waals surface area contributed by atoms with Gasteiger partial charge in [0.25, 0.3) is 0 Å². The zero-order chi connectivity index (χ0) is 13.1. The molecule has 1 aromatic rings. The molecule has 1 aliphatic rings. The standard InChI is InChI=1S/C13H21N3OS/c1-4-10-7-14-12(18-10)8-16-6-5-11(13(16)17)15-9(2)3/h7,9,11,15H,4-6,8H2,1-3H3. The molecule has 1 N–H and O–H groups in total. The third-order valence-electron chi connectivity index (χ3n) is 3.11. The second-order valence-corrected chi connectivity index (χ2v) is 6.20. The highest BCUT2D eigenvalue weighted by Gasteiger charge is 2.31. The van der Waals surface area contributed by atoms with Crippen LogP contribution in [-0.2, 0) is 17.8 Å². The van der Waals surface area contributed by atoms with Crippen molar-refractivity contribution in [3.63, 3.8) is 0 Å². The largest absolute Gasteiger partial charge is 0.335 e. The summed E-state index contributed by atoms with van der Waals surface area (Å²) in [5.41, 5.74) is 0. The van der Waals surface area contributed by atoms with E-state index < -0.39 is 0 Å². The Kier molecular flexibility index (Phi) is 4.35. The average molecular weight is 267 g/mol. The molecular weight excluding hydrogens is 246 g/mol. The molecule has 1 amide bonds. The van der Waals surface area contributed by atoms with E-state index in [0.29, 0.717) is 12.6 Å². The van der Waals surface area contributed by atoms with Gasteiger partial charge in [-0.25, -0.2) is 4.98 Å². The number of rotatable bonds is 5. The van der Waals surface area contributed by atoms with Crippen LogP contribution in [0.5, 0.6) is 0 Å². The number of hydrogen-bond acceptors (Lipinski definition) is 4. The SMILES string of the molecule is CCc1cnc(CN2CCC(NC(C)C)C2=O)s1. The van der Waals surface area contributed by atoms with Crippen molar-refractivity contribution >= 4 is 17.2 Å². The molecule has 1 unspecified atom stereocenters. The third kappa shape index (κ3) is 3.09. The summed E-state index contributed by atoms with van der Waals surface area (Å²) >= 11 is 1.71. The van der Waals surface area contributed by atoms with Gasteiger partial charge in [-0.1, -0.05) is 20.8 Å². The van der Waals surface area contributed by atoms with Crippen LogP contribution in [0.15, 0.2) is 6.20 Å². The van der Waals surface area contributed by atoms with E-state index in [4.69, 9.17) is 0 Å². The molecule has 0 saturated carbocycles. The van der Waals surface area contributed by atoms with E-state index in [2.05, 4.69) is 31.1 Å². The van der Waals surface area contributed by atoms with Gasteiger partial charge in [0.15, 0.2) is 0 Å². The maximum absolute atomic E-state index is 12.2. The van der Waals surface area contributed by atoms with Crippen LogP contribution in [-0.4, -0.2) is 34.4 Å². The Bertz CT molecular complexity index is 416. The molecule has 2 rings (SSSR count). The van der Waals surface area contributed by atoms with Crippen LogP contribution >= 0.6 is 11.3 Å². The molecular formula is C13H21N3OS. The van der Waals surface area contributed by atoms with Gasteiger partial charge in [-0.05, 0) is 12.8 Å². The highest BCUT2D eigenvalue weighted by Crippen LogP contribution is 2.19. The minimum absolute atomic E-state index is 0.00407. The Morgan fingerprint density at radius 1 is 1.61 bits per heavy atom. The van der Waals surface area contributed by atoms with E-state index in [9.17, 15) is 4.79 Å². The van der Waals surface area contributed by atoms with Crippen LogP contribution in [0.1, 0.15) is 37.1 Å². The van der Waals surface area contributed by atoms with Gasteiger partial charge < -0.3 is 10.2 Å². The molecule has 1 aromatic heterocycles. The van der Waals surface area contributed by atoms with Crippen molar-refractivity contribution in [1.82, 2.24) is 15.2 Å². The molecule has 1 saturated heterocycles. The third-order valence-corrected chi connectivity index (χ3v) is 4.23. The van der Waals surface area contributed by atoms with Gasteiger partial charge >= 0.3 is 0 Å². The Morgan fingerprint density at radius 2 is 2.39 bits per heavy atom. The molecule has 0 bridgehead atoms.